The summed E-state index contributed by atoms with van der Waals surface area (Å²) in [6, 6.07) is 1.80. The van der Waals surface area contributed by atoms with Crippen LogP contribution in [0.2, 0.25) is 0 Å². The van der Waals surface area contributed by atoms with Gasteiger partial charge in [-0.2, -0.15) is 0 Å². The normalized spacial score (nSPS) is 34.2. The van der Waals surface area contributed by atoms with E-state index in [9.17, 15) is 4.79 Å². The molecule has 2 fully saturated rings. The maximum absolute atomic E-state index is 12.6. The average Bonchev–Trinajstić information content (AvgIpc) is 2.70. The largest absolute Gasteiger partial charge is 0.294 e. The summed E-state index contributed by atoms with van der Waals surface area (Å²) in [7, 11) is 0. The Balaban J connectivity index is 1.89. The van der Waals surface area contributed by atoms with Gasteiger partial charge < -0.3 is 0 Å². The number of hydrogen-bond donors (Lipinski definition) is 0. The number of nitrogens with zero attached hydrogens (tertiary/aromatic N) is 2. The number of rotatable bonds is 2. The average molecular weight is 274 g/mol. The molecule has 1 aromatic heterocycles. The summed E-state index contributed by atoms with van der Waals surface area (Å²) in [6.07, 6.45) is 5.59. The van der Waals surface area contributed by atoms with Gasteiger partial charge in [-0.3, -0.25) is 4.79 Å². The van der Waals surface area contributed by atoms with Gasteiger partial charge in [0.05, 0.1) is 0 Å². The van der Waals surface area contributed by atoms with Crippen LogP contribution in [0, 0.1) is 16.7 Å². The van der Waals surface area contributed by atoms with E-state index in [0.717, 1.165) is 18.4 Å². The summed E-state index contributed by atoms with van der Waals surface area (Å²) in [5, 5.41) is 2.68. The van der Waals surface area contributed by atoms with E-state index in [4.69, 9.17) is 0 Å². The van der Waals surface area contributed by atoms with Gasteiger partial charge in [-0.05, 0) is 35.6 Å². The zero-order valence-corrected chi connectivity index (χ0v) is 12.3. The van der Waals surface area contributed by atoms with E-state index >= 15 is 0 Å². The van der Waals surface area contributed by atoms with Crippen LogP contribution in [-0.2, 0) is 4.79 Å². The van der Waals surface area contributed by atoms with Crippen molar-refractivity contribution in [2.75, 3.05) is 0 Å². The highest BCUT2D eigenvalue weighted by Crippen LogP contribution is 2.65. The molecule has 19 heavy (non-hydrogen) atoms. The smallest absolute Gasteiger partial charge is 0.191 e. The van der Waals surface area contributed by atoms with Gasteiger partial charge >= 0.3 is 0 Å². The predicted octanol–water partition coefficient (Wildman–Crippen LogP) is 3.48. The lowest BCUT2D eigenvalue weighted by Gasteiger charge is -2.31. The Morgan fingerprint density at radius 2 is 2.00 bits per heavy atom. The monoisotopic (exact) mass is 274 g/mol. The maximum atomic E-state index is 12.6. The van der Waals surface area contributed by atoms with E-state index in [-0.39, 0.29) is 10.8 Å². The van der Waals surface area contributed by atoms with Crippen molar-refractivity contribution in [1.82, 2.24) is 9.97 Å². The minimum absolute atomic E-state index is 0.0774. The van der Waals surface area contributed by atoms with E-state index in [0.29, 0.717) is 16.9 Å². The summed E-state index contributed by atoms with van der Waals surface area (Å²) < 4.78 is 0. The summed E-state index contributed by atoms with van der Waals surface area (Å²) >= 11 is 1.46. The van der Waals surface area contributed by atoms with Gasteiger partial charge in [-0.15, -0.1) is 0 Å². The lowest BCUT2D eigenvalue weighted by molar-refractivity contribution is -0.125. The molecule has 1 heterocycles. The number of hydrogen-bond acceptors (Lipinski definition) is 4. The molecule has 1 aromatic rings. The lowest BCUT2D eigenvalue weighted by atomic mass is 9.70. The quantitative estimate of drug-likeness (QED) is 0.470. The molecular formula is C15H18N2OS. The first kappa shape index (κ1) is 12.9. The first-order chi connectivity index (χ1) is 8.97. The number of carbonyl (C=O) groups excluding carboxylic acids is 1. The fourth-order valence-corrected chi connectivity index (χ4v) is 4.27. The first-order valence-electron chi connectivity index (χ1n) is 6.65. The fourth-order valence-electron chi connectivity index (χ4n) is 3.53. The van der Waals surface area contributed by atoms with Crippen LogP contribution < -0.4 is 0 Å². The topological polar surface area (TPSA) is 42.9 Å². The SMILES string of the molecule is CC1(C)[C@H]2CC[C@]1(C)C(=O)/C2=C\Sc1ncccn1. The molecule has 0 aromatic carbocycles. The third-order valence-corrected chi connectivity index (χ3v) is 5.99. The maximum Gasteiger partial charge on any atom is 0.191 e. The molecule has 2 bridgehead atoms. The number of carbonyl (C=O) groups is 1. The number of fused-ring (bicyclic) bond motifs is 2. The fraction of sp³-hybridized carbons (Fsp3) is 0.533. The van der Waals surface area contributed by atoms with Gasteiger partial charge in [-0.25, -0.2) is 9.97 Å². The number of thioether (sulfide) groups is 1. The van der Waals surface area contributed by atoms with Gasteiger partial charge in [0.1, 0.15) is 0 Å². The van der Waals surface area contributed by atoms with Crippen molar-refractivity contribution >= 4 is 17.5 Å². The van der Waals surface area contributed by atoms with Crippen molar-refractivity contribution in [3.63, 3.8) is 0 Å². The van der Waals surface area contributed by atoms with E-state index in [1.165, 1.54) is 11.8 Å². The number of aromatic nitrogens is 2. The lowest BCUT2D eigenvalue weighted by Crippen LogP contribution is -2.32. The van der Waals surface area contributed by atoms with Crippen molar-refractivity contribution in [3.05, 3.63) is 29.4 Å². The van der Waals surface area contributed by atoms with Gasteiger partial charge in [-0.1, -0.05) is 32.5 Å². The highest BCUT2D eigenvalue weighted by atomic mass is 32.2. The Kier molecular flexibility index (Phi) is 2.82. The molecule has 3 rings (SSSR count). The molecule has 2 saturated carbocycles. The van der Waals surface area contributed by atoms with E-state index in [1.807, 2.05) is 5.41 Å². The van der Waals surface area contributed by atoms with Crippen LogP contribution in [-0.4, -0.2) is 15.8 Å². The third kappa shape index (κ3) is 1.69. The molecule has 0 aliphatic heterocycles. The molecule has 2 atom stereocenters. The van der Waals surface area contributed by atoms with Crippen molar-refractivity contribution in [3.8, 4) is 0 Å². The molecule has 2 aliphatic carbocycles. The van der Waals surface area contributed by atoms with Crippen LogP contribution in [0.15, 0.2) is 34.6 Å². The molecule has 0 N–H and O–H groups in total. The summed E-state index contributed by atoms with van der Waals surface area (Å²) in [5.74, 6) is 0.721. The number of allylic oxidation sites excluding steroid dienone is 1. The first-order valence-corrected chi connectivity index (χ1v) is 7.53. The number of Topliss-reactive ketones (excluding diaryl/α,β-unsaturated/α-hetero) is 1. The van der Waals surface area contributed by atoms with Gasteiger partial charge in [0, 0.05) is 23.4 Å². The summed E-state index contributed by atoms with van der Waals surface area (Å²) in [6.45, 7) is 6.58. The van der Waals surface area contributed by atoms with Gasteiger partial charge in [0.25, 0.3) is 0 Å². The molecule has 2 aliphatic rings. The third-order valence-electron chi connectivity index (χ3n) is 5.20. The molecule has 0 amide bonds. The summed E-state index contributed by atoms with van der Waals surface area (Å²) in [4.78, 5) is 21.0. The van der Waals surface area contributed by atoms with Crippen LogP contribution in [0.1, 0.15) is 33.6 Å². The molecule has 100 valence electrons. The standard InChI is InChI=1S/C15H18N2OS/c1-14(2)11-5-6-15(14,3)12(18)10(11)9-19-13-16-7-4-8-17-13/h4,7-9,11H,5-6H2,1-3H3/b10-9-/t11-,15+/m0/s1. The second kappa shape index (κ2) is 4.17. The van der Waals surface area contributed by atoms with Crippen molar-refractivity contribution in [1.29, 1.82) is 0 Å². The molecule has 4 heteroatoms. The van der Waals surface area contributed by atoms with Crippen LogP contribution in [0.25, 0.3) is 0 Å². The van der Waals surface area contributed by atoms with Crippen LogP contribution in [0.5, 0.6) is 0 Å². The highest BCUT2D eigenvalue weighted by molar-refractivity contribution is 8.02. The van der Waals surface area contributed by atoms with E-state index in [2.05, 4.69) is 30.7 Å². The van der Waals surface area contributed by atoms with Crippen molar-refractivity contribution in [2.24, 2.45) is 16.7 Å². The zero-order valence-electron chi connectivity index (χ0n) is 11.5. The Hall–Kier alpha value is -1.16. The number of ketones is 1. The Morgan fingerprint density at radius 1 is 1.32 bits per heavy atom. The van der Waals surface area contributed by atoms with Crippen molar-refractivity contribution in [2.45, 2.75) is 38.8 Å². The summed E-state index contributed by atoms with van der Waals surface area (Å²) in [5.41, 5.74) is 0.881. The van der Waals surface area contributed by atoms with Crippen molar-refractivity contribution < 1.29 is 4.79 Å². The Morgan fingerprint density at radius 3 is 2.58 bits per heavy atom. The van der Waals surface area contributed by atoms with Gasteiger partial charge in [0.2, 0.25) is 0 Å². The molecular weight excluding hydrogens is 256 g/mol. The second-order valence-corrected chi connectivity index (χ2v) is 7.03. The highest BCUT2D eigenvalue weighted by Gasteiger charge is 2.63. The van der Waals surface area contributed by atoms with Crippen LogP contribution in [0.3, 0.4) is 0 Å². The Labute approximate surface area is 117 Å². The minimum Gasteiger partial charge on any atom is -0.294 e. The molecule has 0 saturated heterocycles. The molecule has 0 spiro atoms. The predicted molar refractivity (Wildman–Crippen MR) is 75.6 cm³/mol. The second-order valence-electron chi connectivity index (χ2n) is 6.20. The molecule has 3 nitrogen and oxygen atoms in total. The zero-order chi connectivity index (χ0) is 13.7. The van der Waals surface area contributed by atoms with Gasteiger partial charge in [0.15, 0.2) is 10.9 Å². The van der Waals surface area contributed by atoms with E-state index in [1.54, 1.807) is 18.5 Å². The van der Waals surface area contributed by atoms with Crippen LogP contribution >= 0.6 is 11.8 Å². The van der Waals surface area contributed by atoms with E-state index < -0.39 is 0 Å². The molecule has 0 unspecified atom stereocenters. The molecule has 0 radical (unpaired) electrons. The minimum atomic E-state index is -0.179. The van der Waals surface area contributed by atoms with Crippen LogP contribution in [0.4, 0.5) is 0 Å². The Bertz CT molecular complexity index is 553.